The summed E-state index contributed by atoms with van der Waals surface area (Å²) in [4.78, 5) is 0. The Balaban J connectivity index is 1.67. The molecule has 0 aliphatic carbocycles. The molecule has 0 aliphatic heterocycles. The summed E-state index contributed by atoms with van der Waals surface area (Å²) in [5.74, 6) is 0. The Labute approximate surface area is 129 Å². The molecule has 0 radical (unpaired) electrons. The van der Waals surface area contributed by atoms with Crippen LogP contribution >= 0.6 is 11.3 Å². The molecule has 3 rings (SSSR count). The lowest BCUT2D eigenvalue weighted by Gasteiger charge is -2.12. The first kappa shape index (κ1) is 14.1. The van der Waals surface area contributed by atoms with Crippen molar-refractivity contribution in [3.05, 3.63) is 47.6 Å². The molecule has 1 N–H and O–H groups in total. The Bertz CT molecular complexity index is 709. The number of hydrogen-bond donors (Lipinski definition) is 1. The average Bonchev–Trinajstić information content (AvgIpc) is 3.15. The van der Waals surface area contributed by atoms with Gasteiger partial charge in [-0.25, -0.2) is 0 Å². The van der Waals surface area contributed by atoms with Gasteiger partial charge in [0, 0.05) is 16.6 Å². The summed E-state index contributed by atoms with van der Waals surface area (Å²) < 4.78 is 3.43. The van der Waals surface area contributed by atoms with Gasteiger partial charge in [-0.3, -0.25) is 4.68 Å². The van der Waals surface area contributed by atoms with Crippen molar-refractivity contribution in [2.24, 2.45) is 0 Å². The minimum Gasteiger partial charge on any atom is -0.379 e. The predicted molar refractivity (Wildman–Crippen MR) is 91.0 cm³/mol. The summed E-state index contributed by atoms with van der Waals surface area (Å²) in [5, 5.41) is 11.6. The standard InChI is InChI=1S/C17H21N3S/c1-3-16(4-2)20-9-7-15(19-20)12-18-14-5-6-17-13(11-14)8-10-21-17/h5-11,16,18H,3-4,12H2,1-2H3. The molecular weight excluding hydrogens is 278 g/mol. The summed E-state index contributed by atoms with van der Waals surface area (Å²) in [5.41, 5.74) is 2.24. The van der Waals surface area contributed by atoms with Crippen molar-refractivity contribution in [2.75, 3.05) is 5.32 Å². The first-order chi connectivity index (χ1) is 10.3. The Morgan fingerprint density at radius 2 is 2.05 bits per heavy atom. The van der Waals surface area contributed by atoms with Gasteiger partial charge in [0.25, 0.3) is 0 Å². The number of thiophene rings is 1. The molecule has 0 amide bonds. The topological polar surface area (TPSA) is 29.9 Å². The smallest absolute Gasteiger partial charge is 0.0815 e. The minimum absolute atomic E-state index is 0.515. The number of benzene rings is 1. The highest BCUT2D eigenvalue weighted by Crippen LogP contribution is 2.24. The minimum atomic E-state index is 0.515. The van der Waals surface area contributed by atoms with Gasteiger partial charge >= 0.3 is 0 Å². The number of anilines is 1. The second kappa shape index (κ2) is 6.31. The zero-order valence-corrected chi connectivity index (χ0v) is 13.4. The van der Waals surface area contributed by atoms with Crippen molar-refractivity contribution in [1.29, 1.82) is 0 Å². The number of nitrogens with zero attached hydrogens (tertiary/aromatic N) is 2. The summed E-state index contributed by atoms with van der Waals surface area (Å²) in [6.07, 6.45) is 4.34. The van der Waals surface area contributed by atoms with E-state index in [0.29, 0.717) is 6.04 Å². The molecule has 0 aliphatic rings. The fourth-order valence-corrected chi connectivity index (χ4v) is 3.38. The van der Waals surface area contributed by atoms with E-state index in [1.165, 1.54) is 10.1 Å². The van der Waals surface area contributed by atoms with Crippen LogP contribution in [0, 0.1) is 0 Å². The third-order valence-electron chi connectivity index (χ3n) is 3.91. The van der Waals surface area contributed by atoms with Crippen LogP contribution < -0.4 is 5.32 Å². The summed E-state index contributed by atoms with van der Waals surface area (Å²) in [7, 11) is 0. The Hall–Kier alpha value is -1.81. The van der Waals surface area contributed by atoms with Gasteiger partial charge in [0.05, 0.1) is 18.3 Å². The van der Waals surface area contributed by atoms with Gasteiger partial charge in [-0.15, -0.1) is 11.3 Å². The van der Waals surface area contributed by atoms with Crippen LogP contribution in [-0.4, -0.2) is 9.78 Å². The number of rotatable bonds is 6. The number of fused-ring (bicyclic) bond motifs is 1. The van der Waals surface area contributed by atoms with Crippen LogP contribution in [0.2, 0.25) is 0 Å². The molecule has 0 saturated heterocycles. The van der Waals surface area contributed by atoms with Crippen molar-refractivity contribution < 1.29 is 0 Å². The van der Waals surface area contributed by atoms with Gasteiger partial charge in [0.15, 0.2) is 0 Å². The fraction of sp³-hybridized carbons (Fsp3) is 0.353. The molecule has 2 heterocycles. The summed E-state index contributed by atoms with van der Waals surface area (Å²) in [6.45, 7) is 5.19. The zero-order chi connectivity index (χ0) is 14.7. The maximum Gasteiger partial charge on any atom is 0.0815 e. The lowest BCUT2D eigenvalue weighted by molar-refractivity contribution is 0.426. The molecule has 0 spiro atoms. The van der Waals surface area contributed by atoms with E-state index in [4.69, 9.17) is 0 Å². The van der Waals surface area contributed by atoms with Crippen LogP contribution in [-0.2, 0) is 6.54 Å². The van der Waals surface area contributed by atoms with Crippen molar-refractivity contribution >= 4 is 27.1 Å². The number of nitrogens with one attached hydrogen (secondary N) is 1. The van der Waals surface area contributed by atoms with E-state index in [1.807, 2.05) is 0 Å². The van der Waals surface area contributed by atoms with Crippen LogP contribution in [0.25, 0.3) is 10.1 Å². The van der Waals surface area contributed by atoms with Crippen LogP contribution in [0.15, 0.2) is 41.9 Å². The van der Waals surface area contributed by atoms with Gasteiger partial charge in [-0.05, 0) is 53.9 Å². The van der Waals surface area contributed by atoms with E-state index in [0.717, 1.165) is 30.8 Å². The second-order valence-corrected chi connectivity index (χ2v) is 6.23. The SMILES string of the molecule is CCC(CC)n1ccc(CNc2ccc3sccc3c2)n1. The molecule has 4 heteroatoms. The van der Waals surface area contributed by atoms with E-state index in [1.54, 1.807) is 11.3 Å². The highest BCUT2D eigenvalue weighted by molar-refractivity contribution is 7.17. The van der Waals surface area contributed by atoms with Crippen molar-refractivity contribution in [3.63, 3.8) is 0 Å². The third-order valence-corrected chi connectivity index (χ3v) is 4.80. The predicted octanol–water partition coefficient (Wildman–Crippen LogP) is 5.07. The molecule has 2 aromatic heterocycles. The van der Waals surface area contributed by atoms with E-state index in [2.05, 4.69) is 70.9 Å². The normalized spacial score (nSPS) is 11.4. The molecule has 21 heavy (non-hydrogen) atoms. The average molecular weight is 299 g/mol. The van der Waals surface area contributed by atoms with Crippen LogP contribution in [0.3, 0.4) is 0 Å². The molecule has 3 nitrogen and oxygen atoms in total. The molecule has 1 aromatic carbocycles. The number of hydrogen-bond acceptors (Lipinski definition) is 3. The van der Waals surface area contributed by atoms with Crippen LogP contribution in [0.5, 0.6) is 0 Å². The van der Waals surface area contributed by atoms with Crippen LogP contribution in [0.4, 0.5) is 5.69 Å². The molecule has 0 atom stereocenters. The molecule has 110 valence electrons. The maximum absolute atomic E-state index is 4.68. The van der Waals surface area contributed by atoms with Gasteiger partial charge in [-0.2, -0.15) is 5.10 Å². The first-order valence-electron chi connectivity index (χ1n) is 7.55. The first-order valence-corrected chi connectivity index (χ1v) is 8.43. The lowest BCUT2D eigenvalue weighted by Crippen LogP contribution is -2.08. The summed E-state index contributed by atoms with van der Waals surface area (Å²) >= 11 is 1.78. The van der Waals surface area contributed by atoms with Crippen LogP contribution in [0.1, 0.15) is 38.4 Å². The Morgan fingerprint density at radius 3 is 2.86 bits per heavy atom. The monoisotopic (exact) mass is 299 g/mol. The van der Waals surface area contributed by atoms with Gasteiger partial charge < -0.3 is 5.32 Å². The highest BCUT2D eigenvalue weighted by Gasteiger charge is 2.07. The van der Waals surface area contributed by atoms with Gasteiger partial charge in [0.2, 0.25) is 0 Å². The van der Waals surface area contributed by atoms with Crippen molar-refractivity contribution in [2.45, 2.75) is 39.3 Å². The zero-order valence-electron chi connectivity index (χ0n) is 12.5. The van der Waals surface area contributed by atoms with Gasteiger partial charge in [-0.1, -0.05) is 13.8 Å². The van der Waals surface area contributed by atoms with E-state index < -0.39 is 0 Å². The highest BCUT2D eigenvalue weighted by atomic mass is 32.1. The van der Waals surface area contributed by atoms with E-state index in [9.17, 15) is 0 Å². The largest absolute Gasteiger partial charge is 0.379 e. The molecular formula is C17H21N3S. The lowest BCUT2D eigenvalue weighted by atomic mass is 10.2. The molecule has 0 unspecified atom stereocenters. The Kier molecular flexibility index (Phi) is 4.25. The third kappa shape index (κ3) is 3.10. The molecule has 0 fully saturated rings. The van der Waals surface area contributed by atoms with Crippen molar-refractivity contribution in [1.82, 2.24) is 9.78 Å². The quantitative estimate of drug-likeness (QED) is 0.688. The van der Waals surface area contributed by atoms with E-state index >= 15 is 0 Å². The molecule has 0 saturated carbocycles. The second-order valence-electron chi connectivity index (χ2n) is 5.28. The number of aromatic nitrogens is 2. The van der Waals surface area contributed by atoms with Crippen molar-refractivity contribution in [3.8, 4) is 0 Å². The fourth-order valence-electron chi connectivity index (χ4n) is 2.61. The maximum atomic E-state index is 4.68. The molecule has 0 bridgehead atoms. The molecule has 3 aromatic rings. The Morgan fingerprint density at radius 1 is 1.19 bits per heavy atom. The summed E-state index contributed by atoms with van der Waals surface area (Å²) in [6, 6.07) is 11.3. The van der Waals surface area contributed by atoms with E-state index in [-0.39, 0.29) is 0 Å². The van der Waals surface area contributed by atoms with Gasteiger partial charge in [0.1, 0.15) is 0 Å².